The molecule has 0 radical (unpaired) electrons. The number of hydrogen-bond acceptors (Lipinski definition) is 5. The van der Waals surface area contributed by atoms with Gasteiger partial charge in [-0.3, -0.25) is 9.59 Å². The SMILES string of the molecule is CCCCCC/C=C\CCCCCCCC(=O)OCCCCC/C=C\C=C/CCCCCCCCC(=O)NC(CO)C(O)CCCCCCCCCCCCCCCC. The number of amides is 1. The summed E-state index contributed by atoms with van der Waals surface area (Å²) < 4.78 is 5.43. The van der Waals surface area contributed by atoms with Crippen molar-refractivity contribution in [1.29, 1.82) is 0 Å². The Balaban J connectivity index is 3.54. The summed E-state index contributed by atoms with van der Waals surface area (Å²) in [6, 6.07) is -0.558. The van der Waals surface area contributed by atoms with Crippen LogP contribution in [0.2, 0.25) is 0 Å². The smallest absolute Gasteiger partial charge is 0.305 e. The number of nitrogens with one attached hydrogen (secondary N) is 1. The lowest BCUT2D eigenvalue weighted by atomic mass is 10.0. The van der Waals surface area contributed by atoms with E-state index >= 15 is 0 Å². The second kappa shape index (κ2) is 48.7. The second-order valence-corrected chi connectivity index (χ2v) is 17.5. The van der Waals surface area contributed by atoms with Crippen molar-refractivity contribution in [3.8, 4) is 0 Å². The number of ether oxygens (including phenoxy) is 1. The standard InChI is InChI=1S/C53H99NO5/c1-3-5-7-9-11-13-15-17-22-25-29-33-37-41-45-51(56)50(49-55)54-52(57)46-42-38-34-30-26-23-19-18-20-24-28-32-36-40-44-48-59-53(58)47-43-39-35-31-27-21-16-14-12-10-8-6-4-2/h14,16,18,20,24,28,50-51,55-56H,3-13,15,17,19,21-23,25-27,29-49H2,1-2H3,(H,54,57)/b16-14-,20-18-,28-24-. The third kappa shape index (κ3) is 45.4. The lowest BCUT2D eigenvalue weighted by Gasteiger charge is -2.22. The molecule has 6 heteroatoms. The number of carbonyl (C=O) groups excluding carboxylic acids is 2. The maximum absolute atomic E-state index is 12.4. The van der Waals surface area contributed by atoms with Crippen LogP contribution in [0.1, 0.15) is 264 Å². The molecule has 0 saturated carbocycles. The van der Waals surface area contributed by atoms with Crippen LogP contribution in [0.25, 0.3) is 0 Å². The summed E-state index contributed by atoms with van der Waals surface area (Å²) in [5.41, 5.74) is 0. The molecule has 0 saturated heterocycles. The Morgan fingerprint density at radius 3 is 1.32 bits per heavy atom. The highest BCUT2D eigenvalue weighted by Gasteiger charge is 2.20. The molecular formula is C53H99NO5. The van der Waals surface area contributed by atoms with Crippen molar-refractivity contribution < 1.29 is 24.5 Å². The first-order chi connectivity index (χ1) is 29.0. The van der Waals surface area contributed by atoms with Gasteiger partial charge in [-0.25, -0.2) is 0 Å². The minimum atomic E-state index is -0.678. The van der Waals surface area contributed by atoms with Crippen molar-refractivity contribution in [2.75, 3.05) is 13.2 Å². The molecule has 0 heterocycles. The Morgan fingerprint density at radius 2 is 0.847 bits per heavy atom. The summed E-state index contributed by atoms with van der Waals surface area (Å²) >= 11 is 0. The predicted molar refractivity (Wildman–Crippen MR) is 255 cm³/mol. The van der Waals surface area contributed by atoms with Crippen LogP contribution in [-0.4, -0.2) is 47.4 Å². The largest absolute Gasteiger partial charge is 0.466 e. The second-order valence-electron chi connectivity index (χ2n) is 17.5. The van der Waals surface area contributed by atoms with Crippen molar-refractivity contribution in [2.45, 2.75) is 276 Å². The maximum Gasteiger partial charge on any atom is 0.305 e. The Bertz CT molecular complexity index is 962. The van der Waals surface area contributed by atoms with Crippen LogP contribution in [0.5, 0.6) is 0 Å². The van der Waals surface area contributed by atoms with Crippen molar-refractivity contribution in [1.82, 2.24) is 5.32 Å². The molecule has 0 aliphatic rings. The van der Waals surface area contributed by atoms with Gasteiger partial charge < -0.3 is 20.3 Å². The van der Waals surface area contributed by atoms with Gasteiger partial charge in [0.05, 0.1) is 25.4 Å². The summed E-state index contributed by atoms with van der Waals surface area (Å²) in [7, 11) is 0. The van der Waals surface area contributed by atoms with Crippen molar-refractivity contribution in [2.24, 2.45) is 0 Å². The van der Waals surface area contributed by atoms with Gasteiger partial charge in [-0.15, -0.1) is 0 Å². The van der Waals surface area contributed by atoms with Gasteiger partial charge >= 0.3 is 5.97 Å². The number of carbonyl (C=O) groups is 2. The van der Waals surface area contributed by atoms with Crippen molar-refractivity contribution in [3.63, 3.8) is 0 Å². The number of allylic oxidation sites excluding steroid dienone is 6. The number of aliphatic hydroxyl groups excluding tert-OH is 2. The number of hydrogen-bond donors (Lipinski definition) is 3. The van der Waals surface area contributed by atoms with Gasteiger partial charge in [-0.05, 0) is 83.5 Å². The van der Waals surface area contributed by atoms with Crippen LogP contribution in [-0.2, 0) is 14.3 Å². The zero-order chi connectivity index (χ0) is 43.0. The Labute approximate surface area is 366 Å². The highest BCUT2D eigenvalue weighted by molar-refractivity contribution is 5.76. The Morgan fingerprint density at radius 1 is 0.475 bits per heavy atom. The van der Waals surface area contributed by atoms with Gasteiger partial charge in [0.1, 0.15) is 0 Å². The molecule has 0 aromatic carbocycles. The molecule has 1 amide bonds. The molecule has 2 atom stereocenters. The molecule has 0 rings (SSSR count). The molecule has 0 spiro atoms. The predicted octanol–water partition coefficient (Wildman–Crippen LogP) is 15.3. The third-order valence-corrected chi connectivity index (χ3v) is 11.7. The highest BCUT2D eigenvalue weighted by Crippen LogP contribution is 2.16. The van der Waals surface area contributed by atoms with Gasteiger partial charge in [0, 0.05) is 12.8 Å². The fourth-order valence-electron chi connectivity index (χ4n) is 7.68. The zero-order valence-electron chi connectivity index (χ0n) is 39.2. The zero-order valence-corrected chi connectivity index (χ0v) is 39.2. The first-order valence-electron chi connectivity index (χ1n) is 25.8. The molecule has 0 fully saturated rings. The van der Waals surface area contributed by atoms with E-state index in [1.807, 2.05) is 0 Å². The highest BCUT2D eigenvalue weighted by atomic mass is 16.5. The minimum absolute atomic E-state index is 0.0314. The maximum atomic E-state index is 12.4. The fourth-order valence-corrected chi connectivity index (χ4v) is 7.68. The molecule has 0 aliphatic heterocycles. The van der Waals surface area contributed by atoms with Crippen LogP contribution in [0.3, 0.4) is 0 Å². The van der Waals surface area contributed by atoms with E-state index in [0.29, 0.717) is 25.9 Å². The molecule has 2 unspecified atom stereocenters. The molecule has 346 valence electrons. The summed E-state index contributed by atoms with van der Waals surface area (Å²) in [5, 5.41) is 23.2. The summed E-state index contributed by atoms with van der Waals surface area (Å²) in [6.45, 7) is 4.87. The fraction of sp³-hybridized carbons (Fsp3) is 0.849. The average Bonchev–Trinajstić information content (AvgIpc) is 3.24. The average molecular weight is 830 g/mol. The lowest BCUT2D eigenvalue weighted by molar-refractivity contribution is -0.143. The van der Waals surface area contributed by atoms with Gasteiger partial charge in [-0.1, -0.05) is 204 Å². The van der Waals surface area contributed by atoms with E-state index in [1.165, 1.54) is 154 Å². The van der Waals surface area contributed by atoms with Gasteiger partial charge in [-0.2, -0.15) is 0 Å². The number of unbranched alkanes of at least 4 members (excludes halogenated alkanes) is 31. The van der Waals surface area contributed by atoms with E-state index in [1.54, 1.807) is 0 Å². The molecule has 6 nitrogen and oxygen atoms in total. The number of esters is 1. The van der Waals surface area contributed by atoms with Gasteiger partial charge in [0.15, 0.2) is 0 Å². The molecule has 0 bridgehead atoms. The Kier molecular flexibility index (Phi) is 47.2. The molecule has 3 N–H and O–H groups in total. The molecule has 0 aromatic heterocycles. The van der Waals surface area contributed by atoms with Gasteiger partial charge in [0.2, 0.25) is 5.91 Å². The normalized spacial score (nSPS) is 12.9. The van der Waals surface area contributed by atoms with E-state index in [-0.39, 0.29) is 18.5 Å². The minimum Gasteiger partial charge on any atom is -0.466 e. The molecule has 0 aliphatic carbocycles. The summed E-state index contributed by atoms with van der Waals surface area (Å²) in [6.07, 6.45) is 58.3. The summed E-state index contributed by atoms with van der Waals surface area (Å²) in [5.74, 6) is -0.0898. The van der Waals surface area contributed by atoms with Crippen LogP contribution in [0.4, 0.5) is 0 Å². The van der Waals surface area contributed by atoms with E-state index in [9.17, 15) is 19.8 Å². The monoisotopic (exact) mass is 830 g/mol. The van der Waals surface area contributed by atoms with E-state index < -0.39 is 12.1 Å². The quantitative estimate of drug-likeness (QED) is 0.0246. The topological polar surface area (TPSA) is 95.9 Å². The molecular weight excluding hydrogens is 731 g/mol. The number of rotatable bonds is 47. The van der Waals surface area contributed by atoms with Crippen LogP contribution in [0, 0.1) is 0 Å². The van der Waals surface area contributed by atoms with Gasteiger partial charge in [0.25, 0.3) is 0 Å². The lowest BCUT2D eigenvalue weighted by Crippen LogP contribution is -2.45. The molecule has 59 heavy (non-hydrogen) atoms. The Hall–Kier alpha value is -1.92. The first-order valence-corrected chi connectivity index (χ1v) is 25.8. The van der Waals surface area contributed by atoms with E-state index in [2.05, 4.69) is 55.6 Å². The number of aliphatic hydroxyl groups is 2. The van der Waals surface area contributed by atoms with Crippen molar-refractivity contribution in [3.05, 3.63) is 36.5 Å². The first kappa shape index (κ1) is 57.1. The van der Waals surface area contributed by atoms with Crippen LogP contribution < -0.4 is 5.32 Å². The van der Waals surface area contributed by atoms with Crippen molar-refractivity contribution >= 4 is 11.9 Å². The summed E-state index contributed by atoms with van der Waals surface area (Å²) in [4.78, 5) is 24.4. The van der Waals surface area contributed by atoms with E-state index in [4.69, 9.17) is 4.74 Å². The third-order valence-electron chi connectivity index (χ3n) is 11.7. The van der Waals surface area contributed by atoms with Crippen LogP contribution in [0.15, 0.2) is 36.5 Å². The van der Waals surface area contributed by atoms with Crippen LogP contribution >= 0.6 is 0 Å². The van der Waals surface area contributed by atoms with E-state index in [0.717, 1.165) is 77.0 Å². The molecule has 0 aromatic rings.